The Kier molecular flexibility index (Phi) is 1.98. The van der Waals surface area contributed by atoms with Crippen LogP contribution in [0.2, 0.25) is 0 Å². The summed E-state index contributed by atoms with van der Waals surface area (Å²) in [5.74, 6) is -0.440. The number of primary amides is 1. The highest BCUT2D eigenvalue weighted by molar-refractivity contribution is 5.92. The maximum Gasteiger partial charge on any atom is 0.248 e. The summed E-state index contributed by atoms with van der Waals surface area (Å²) in [5, 5.41) is 7.90. The number of rotatable bonds is 2. The molecule has 0 saturated heterocycles. The van der Waals surface area contributed by atoms with Crippen LogP contribution in [0, 0.1) is 0 Å². The van der Waals surface area contributed by atoms with Crippen LogP contribution in [0.5, 0.6) is 0 Å². The fourth-order valence-electron chi connectivity index (χ4n) is 1.11. The largest absolute Gasteiger partial charge is 0.366 e. The zero-order chi connectivity index (χ0) is 9.97. The van der Waals surface area contributed by atoms with Gasteiger partial charge in [-0.3, -0.25) is 4.79 Å². The lowest BCUT2D eigenvalue weighted by Gasteiger charge is -1.99. The average Bonchev–Trinajstić information content (AvgIpc) is 2.71. The smallest absolute Gasteiger partial charge is 0.248 e. The van der Waals surface area contributed by atoms with E-state index in [1.165, 1.54) is 4.80 Å². The van der Waals surface area contributed by atoms with Crippen molar-refractivity contribution in [3.05, 3.63) is 42.2 Å². The Morgan fingerprint density at radius 1 is 1.14 bits per heavy atom. The summed E-state index contributed by atoms with van der Waals surface area (Å²) >= 11 is 0. The van der Waals surface area contributed by atoms with Gasteiger partial charge in [0.25, 0.3) is 0 Å². The third-order valence-corrected chi connectivity index (χ3v) is 1.80. The minimum absolute atomic E-state index is 0.440. The predicted molar refractivity (Wildman–Crippen MR) is 49.9 cm³/mol. The maximum atomic E-state index is 10.8. The molecule has 0 spiro atoms. The van der Waals surface area contributed by atoms with Gasteiger partial charge in [-0.2, -0.15) is 15.0 Å². The summed E-state index contributed by atoms with van der Waals surface area (Å²) in [4.78, 5) is 12.2. The molecule has 0 aliphatic carbocycles. The number of amides is 1. The summed E-state index contributed by atoms with van der Waals surface area (Å²) < 4.78 is 0. The van der Waals surface area contributed by atoms with Gasteiger partial charge in [0, 0.05) is 5.56 Å². The van der Waals surface area contributed by atoms with Crippen molar-refractivity contribution in [1.29, 1.82) is 0 Å². The zero-order valence-corrected chi connectivity index (χ0v) is 7.29. The summed E-state index contributed by atoms with van der Waals surface area (Å²) in [7, 11) is 0. The second-order valence-corrected chi connectivity index (χ2v) is 2.73. The van der Waals surface area contributed by atoms with Crippen LogP contribution in [0.25, 0.3) is 5.69 Å². The summed E-state index contributed by atoms with van der Waals surface area (Å²) in [6, 6.07) is 6.75. The summed E-state index contributed by atoms with van der Waals surface area (Å²) in [6.45, 7) is 0. The molecule has 0 bridgehead atoms. The molecule has 0 radical (unpaired) electrons. The van der Waals surface area contributed by atoms with Crippen LogP contribution in [-0.2, 0) is 0 Å². The van der Waals surface area contributed by atoms with E-state index in [1.807, 2.05) is 0 Å². The van der Waals surface area contributed by atoms with Gasteiger partial charge < -0.3 is 5.73 Å². The molecule has 1 amide bonds. The standard InChI is InChI=1S/C9H8N4O/c10-9(14)7-1-3-8(4-2-7)13-11-5-6-12-13/h1-6H,(H2,10,14). The number of aromatic nitrogens is 3. The Hall–Kier alpha value is -2.17. The molecule has 2 rings (SSSR count). The van der Waals surface area contributed by atoms with E-state index in [0.29, 0.717) is 5.56 Å². The Balaban J connectivity index is 2.36. The summed E-state index contributed by atoms with van der Waals surface area (Å²) in [5.41, 5.74) is 6.37. The fraction of sp³-hybridized carbons (Fsp3) is 0. The van der Waals surface area contributed by atoms with Gasteiger partial charge in [-0.05, 0) is 24.3 Å². The van der Waals surface area contributed by atoms with Gasteiger partial charge in [-0.25, -0.2) is 0 Å². The van der Waals surface area contributed by atoms with Crippen LogP contribution in [0.4, 0.5) is 0 Å². The van der Waals surface area contributed by atoms with E-state index in [-0.39, 0.29) is 0 Å². The molecular formula is C9H8N4O. The van der Waals surface area contributed by atoms with E-state index in [9.17, 15) is 4.79 Å². The molecule has 0 unspecified atom stereocenters. The topological polar surface area (TPSA) is 73.8 Å². The molecule has 5 heteroatoms. The molecule has 1 aromatic carbocycles. The highest BCUT2D eigenvalue weighted by atomic mass is 16.1. The quantitative estimate of drug-likeness (QED) is 0.739. The molecule has 2 aromatic rings. The molecule has 0 aliphatic rings. The van der Waals surface area contributed by atoms with Crippen molar-refractivity contribution in [1.82, 2.24) is 15.0 Å². The number of benzene rings is 1. The van der Waals surface area contributed by atoms with Crippen LogP contribution < -0.4 is 5.73 Å². The molecule has 1 heterocycles. The lowest BCUT2D eigenvalue weighted by atomic mass is 10.2. The lowest BCUT2D eigenvalue weighted by Crippen LogP contribution is -2.10. The first-order valence-corrected chi connectivity index (χ1v) is 4.04. The van der Waals surface area contributed by atoms with Gasteiger partial charge in [0.05, 0.1) is 18.1 Å². The van der Waals surface area contributed by atoms with E-state index in [4.69, 9.17) is 5.73 Å². The average molecular weight is 188 g/mol. The van der Waals surface area contributed by atoms with Crippen LogP contribution in [0.1, 0.15) is 10.4 Å². The van der Waals surface area contributed by atoms with Crippen LogP contribution in [-0.4, -0.2) is 20.9 Å². The van der Waals surface area contributed by atoms with E-state index < -0.39 is 5.91 Å². The predicted octanol–water partition coefficient (Wildman–Crippen LogP) is 0.366. The Bertz CT molecular complexity index is 432. The number of nitrogens with two attached hydrogens (primary N) is 1. The van der Waals surface area contributed by atoms with Crippen molar-refractivity contribution in [2.75, 3.05) is 0 Å². The van der Waals surface area contributed by atoms with E-state index in [0.717, 1.165) is 5.69 Å². The van der Waals surface area contributed by atoms with Crippen molar-refractivity contribution in [2.45, 2.75) is 0 Å². The Labute approximate surface area is 80.2 Å². The van der Waals surface area contributed by atoms with Crippen molar-refractivity contribution in [3.8, 4) is 5.69 Å². The van der Waals surface area contributed by atoms with Gasteiger partial charge in [0.2, 0.25) is 5.91 Å². The third kappa shape index (κ3) is 1.47. The zero-order valence-electron chi connectivity index (χ0n) is 7.29. The minimum Gasteiger partial charge on any atom is -0.366 e. The van der Waals surface area contributed by atoms with Crippen LogP contribution in [0.3, 0.4) is 0 Å². The monoisotopic (exact) mass is 188 g/mol. The first-order valence-electron chi connectivity index (χ1n) is 4.04. The first kappa shape index (κ1) is 8.43. The maximum absolute atomic E-state index is 10.8. The van der Waals surface area contributed by atoms with Gasteiger partial charge in [0.1, 0.15) is 0 Å². The number of carbonyl (C=O) groups excluding carboxylic acids is 1. The molecule has 1 aromatic heterocycles. The first-order chi connectivity index (χ1) is 6.77. The molecule has 14 heavy (non-hydrogen) atoms. The molecule has 70 valence electrons. The number of hydrogen-bond donors (Lipinski definition) is 1. The van der Waals surface area contributed by atoms with Crippen molar-refractivity contribution < 1.29 is 4.79 Å². The minimum atomic E-state index is -0.440. The second kappa shape index (κ2) is 3.29. The van der Waals surface area contributed by atoms with E-state index in [1.54, 1.807) is 36.7 Å². The Morgan fingerprint density at radius 2 is 1.71 bits per heavy atom. The molecule has 0 saturated carbocycles. The summed E-state index contributed by atoms with van der Waals surface area (Å²) in [6.07, 6.45) is 3.17. The molecule has 5 nitrogen and oxygen atoms in total. The van der Waals surface area contributed by atoms with Gasteiger partial charge in [0.15, 0.2) is 0 Å². The molecular weight excluding hydrogens is 180 g/mol. The van der Waals surface area contributed by atoms with E-state index in [2.05, 4.69) is 10.2 Å². The number of hydrogen-bond acceptors (Lipinski definition) is 3. The molecule has 2 N–H and O–H groups in total. The van der Waals surface area contributed by atoms with Crippen molar-refractivity contribution in [3.63, 3.8) is 0 Å². The van der Waals surface area contributed by atoms with Crippen molar-refractivity contribution >= 4 is 5.91 Å². The number of carbonyl (C=O) groups is 1. The van der Waals surface area contributed by atoms with Crippen LogP contribution >= 0.6 is 0 Å². The van der Waals surface area contributed by atoms with Gasteiger partial charge in [-0.15, -0.1) is 0 Å². The molecule has 0 aliphatic heterocycles. The van der Waals surface area contributed by atoms with Crippen LogP contribution in [0.15, 0.2) is 36.7 Å². The van der Waals surface area contributed by atoms with E-state index >= 15 is 0 Å². The Morgan fingerprint density at radius 3 is 2.21 bits per heavy atom. The molecule has 0 fully saturated rings. The highest BCUT2D eigenvalue weighted by Crippen LogP contribution is 2.06. The highest BCUT2D eigenvalue weighted by Gasteiger charge is 2.01. The van der Waals surface area contributed by atoms with Crippen molar-refractivity contribution in [2.24, 2.45) is 5.73 Å². The van der Waals surface area contributed by atoms with Gasteiger partial charge >= 0.3 is 0 Å². The normalized spacial score (nSPS) is 10.0. The number of nitrogens with zero attached hydrogens (tertiary/aromatic N) is 3. The second-order valence-electron chi connectivity index (χ2n) is 2.73. The van der Waals surface area contributed by atoms with Gasteiger partial charge in [-0.1, -0.05) is 0 Å². The third-order valence-electron chi connectivity index (χ3n) is 1.80. The molecule has 0 atom stereocenters. The SMILES string of the molecule is NC(=O)c1ccc(-n2nccn2)cc1. The fourth-order valence-corrected chi connectivity index (χ4v) is 1.11. The lowest BCUT2D eigenvalue weighted by molar-refractivity contribution is 0.100.